The largest absolute Gasteiger partial charge is 0.385 e. The Balaban J connectivity index is 1.56. The first-order valence-electron chi connectivity index (χ1n) is 9.06. The van der Waals surface area contributed by atoms with E-state index >= 15 is 0 Å². The lowest BCUT2D eigenvalue weighted by atomic mass is 9.67. The van der Waals surface area contributed by atoms with E-state index in [4.69, 9.17) is 0 Å². The molecule has 2 aromatic rings. The number of hydrogen-bond acceptors (Lipinski definition) is 3. The van der Waals surface area contributed by atoms with Crippen molar-refractivity contribution in [2.45, 2.75) is 38.3 Å². The number of rotatable bonds is 3. The Morgan fingerprint density at radius 1 is 1.21 bits per heavy atom. The number of fused-ring (bicyclic) bond motifs is 1. The number of hydrogen-bond donors (Lipinski definition) is 1. The lowest BCUT2D eigenvalue weighted by molar-refractivity contribution is -0.0648. The minimum Gasteiger partial charge on any atom is -0.385 e. The summed E-state index contributed by atoms with van der Waals surface area (Å²) in [6, 6.07) is 12.7. The van der Waals surface area contributed by atoms with Crippen LogP contribution < -0.4 is 0 Å². The summed E-state index contributed by atoms with van der Waals surface area (Å²) in [6.07, 6.45) is 6.98. The first-order valence-corrected chi connectivity index (χ1v) is 9.06. The first-order chi connectivity index (χ1) is 11.6. The summed E-state index contributed by atoms with van der Waals surface area (Å²) in [5, 5.41) is 11.6. The van der Waals surface area contributed by atoms with Crippen LogP contribution >= 0.6 is 0 Å². The van der Waals surface area contributed by atoms with Crippen LogP contribution in [-0.2, 0) is 12.1 Å². The minimum absolute atomic E-state index is 0.342. The number of pyridine rings is 1. The highest BCUT2D eigenvalue weighted by Crippen LogP contribution is 2.48. The maximum atomic E-state index is 11.6. The average molecular weight is 322 g/mol. The van der Waals surface area contributed by atoms with Gasteiger partial charge < -0.3 is 5.11 Å². The van der Waals surface area contributed by atoms with Crippen LogP contribution in [0.1, 0.15) is 36.0 Å². The van der Waals surface area contributed by atoms with Crippen LogP contribution in [-0.4, -0.2) is 28.1 Å². The van der Waals surface area contributed by atoms with Crippen molar-refractivity contribution in [1.82, 2.24) is 9.88 Å². The number of benzene rings is 1. The lowest BCUT2D eigenvalue weighted by Gasteiger charge is -2.41. The molecule has 24 heavy (non-hydrogen) atoms. The number of likely N-dealkylation sites (tertiary alicyclic amines) is 1. The van der Waals surface area contributed by atoms with Gasteiger partial charge in [-0.05, 0) is 55.4 Å². The number of nitrogens with zero attached hydrogens (tertiary/aromatic N) is 2. The van der Waals surface area contributed by atoms with E-state index in [2.05, 4.69) is 53.2 Å². The van der Waals surface area contributed by atoms with Gasteiger partial charge >= 0.3 is 0 Å². The highest BCUT2D eigenvalue weighted by molar-refractivity contribution is 5.29. The summed E-state index contributed by atoms with van der Waals surface area (Å²) in [7, 11) is 0. The molecule has 0 spiro atoms. The molecule has 1 aliphatic carbocycles. The molecule has 2 aliphatic rings. The Kier molecular flexibility index (Phi) is 4.15. The Bertz CT molecular complexity index is 702. The van der Waals surface area contributed by atoms with Gasteiger partial charge in [0.25, 0.3) is 0 Å². The van der Waals surface area contributed by atoms with Crippen LogP contribution in [0.2, 0.25) is 0 Å². The second-order valence-electron chi connectivity index (χ2n) is 7.60. The quantitative estimate of drug-likeness (QED) is 0.939. The number of aromatic nitrogens is 1. The van der Waals surface area contributed by atoms with E-state index in [0.29, 0.717) is 11.8 Å². The molecule has 2 heterocycles. The van der Waals surface area contributed by atoms with Gasteiger partial charge in [0.1, 0.15) is 0 Å². The highest BCUT2D eigenvalue weighted by atomic mass is 16.3. The molecule has 3 atom stereocenters. The molecule has 3 nitrogen and oxygen atoms in total. The molecule has 3 heteroatoms. The van der Waals surface area contributed by atoms with Gasteiger partial charge in [-0.3, -0.25) is 9.88 Å². The molecule has 0 unspecified atom stereocenters. The van der Waals surface area contributed by atoms with Crippen LogP contribution in [0.5, 0.6) is 0 Å². The molecular weight excluding hydrogens is 296 g/mol. The van der Waals surface area contributed by atoms with Crippen LogP contribution in [0.25, 0.3) is 0 Å². The third-order valence-electron chi connectivity index (χ3n) is 5.94. The third kappa shape index (κ3) is 2.87. The average Bonchev–Trinajstić information content (AvgIpc) is 3.00. The molecule has 0 amide bonds. The van der Waals surface area contributed by atoms with Gasteiger partial charge in [0.2, 0.25) is 0 Å². The van der Waals surface area contributed by atoms with E-state index < -0.39 is 5.60 Å². The topological polar surface area (TPSA) is 36.4 Å². The first kappa shape index (κ1) is 15.8. The fraction of sp³-hybridized carbons (Fsp3) is 0.476. The molecule has 1 aliphatic heterocycles. The zero-order valence-electron chi connectivity index (χ0n) is 14.4. The van der Waals surface area contributed by atoms with Crippen molar-refractivity contribution >= 4 is 0 Å². The minimum atomic E-state index is -0.665. The normalized spacial score (nSPS) is 30.2. The van der Waals surface area contributed by atoms with Crippen LogP contribution in [0.3, 0.4) is 0 Å². The van der Waals surface area contributed by atoms with Gasteiger partial charge in [0.15, 0.2) is 0 Å². The van der Waals surface area contributed by atoms with Crippen molar-refractivity contribution in [3.05, 3.63) is 65.5 Å². The van der Waals surface area contributed by atoms with Crippen molar-refractivity contribution in [2.75, 3.05) is 13.1 Å². The van der Waals surface area contributed by atoms with Gasteiger partial charge in [-0.25, -0.2) is 0 Å². The fourth-order valence-corrected chi connectivity index (χ4v) is 4.76. The summed E-state index contributed by atoms with van der Waals surface area (Å²) >= 11 is 0. The molecule has 126 valence electrons. The van der Waals surface area contributed by atoms with Gasteiger partial charge in [0.05, 0.1) is 5.60 Å². The Hall–Kier alpha value is -1.71. The van der Waals surface area contributed by atoms with E-state index in [0.717, 1.165) is 38.0 Å². The van der Waals surface area contributed by atoms with E-state index in [-0.39, 0.29) is 0 Å². The fourth-order valence-electron chi connectivity index (χ4n) is 4.76. The van der Waals surface area contributed by atoms with Crippen LogP contribution in [0.4, 0.5) is 0 Å². The van der Waals surface area contributed by atoms with Crippen LogP contribution in [0.15, 0.2) is 48.8 Å². The maximum Gasteiger partial charge on any atom is 0.0940 e. The zero-order chi connectivity index (χ0) is 16.6. The predicted molar refractivity (Wildman–Crippen MR) is 95.4 cm³/mol. The second-order valence-corrected chi connectivity index (χ2v) is 7.60. The second kappa shape index (κ2) is 6.30. The van der Waals surface area contributed by atoms with Gasteiger partial charge in [-0.1, -0.05) is 29.8 Å². The summed E-state index contributed by atoms with van der Waals surface area (Å²) < 4.78 is 0. The molecule has 2 fully saturated rings. The van der Waals surface area contributed by atoms with Gasteiger partial charge in [-0.15, -0.1) is 0 Å². The Labute approximate surface area is 144 Å². The SMILES string of the molecule is Cc1cccc([C@]2(O)CCC[C@@H]3CN(Cc4ccncc4)C[C@@H]32)c1. The summed E-state index contributed by atoms with van der Waals surface area (Å²) in [6.45, 7) is 5.15. The smallest absolute Gasteiger partial charge is 0.0940 e. The van der Waals surface area contributed by atoms with E-state index in [1.54, 1.807) is 0 Å². The molecule has 0 bridgehead atoms. The van der Waals surface area contributed by atoms with Crippen molar-refractivity contribution in [3.63, 3.8) is 0 Å². The molecule has 0 radical (unpaired) electrons. The van der Waals surface area contributed by atoms with Crippen LogP contribution in [0, 0.1) is 18.8 Å². The van der Waals surface area contributed by atoms with Crippen molar-refractivity contribution in [2.24, 2.45) is 11.8 Å². The standard InChI is InChI=1S/C21H26N2O/c1-16-4-2-6-19(12-16)21(24)9-3-5-18-14-23(15-20(18)21)13-17-7-10-22-11-8-17/h2,4,6-8,10-12,18,20,24H,3,5,9,13-15H2,1H3/t18-,20+,21-/m1/s1. The molecule has 1 aromatic heterocycles. The summed E-state index contributed by atoms with van der Waals surface area (Å²) in [5.74, 6) is 0.945. The molecule has 1 aromatic carbocycles. The predicted octanol–water partition coefficient (Wildman–Crippen LogP) is 3.51. The maximum absolute atomic E-state index is 11.6. The number of aryl methyl sites for hydroxylation is 1. The Morgan fingerprint density at radius 2 is 2.04 bits per heavy atom. The lowest BCUT2D eigenvalue weighted by Crippen LogP contribution is -2.42. The van der Waals surface area contributed by atoms with E-state index in [1.807, 2.05) is 12.4 Å². The molecule has 1 saturated heterocycles. The Morgan fingerprint density at radius 3 is 2.83 bits per heavy atom. The molecular formula is C21H26N2O. The van der Waals surface area contributed by atoms with E-state index in [9.17, 15) is 5.11 Å². The van der Waals surface area contributed by atoms with Crippen molar-refractivity contribution in [3.8, 4) is 0 Å². The van der Waals surface area contributed by atoms with Crippen molar-refractivity contribution < 1.29 is 5.11 Å². The number of aliphatic hydroxyl groups is 1. The highest BCUT2D eigenvalue weighted by Gasteiger charge is 2.49. The third-order valence-corrected chi connectivity index (χ3v) is 5.94. The molecule has 4 rings (SSSR count). The van der Waals surface area contributed by atoms with Crippen molar-refractivity contribution in [1.29, 1.82) is 0 Å². The zero-order valence-corrected chi connectivity index (χ0v) is 14.4. The summed E-state index contributed by atoms with van der Waals surface area (Å²) in [4.78, 5) is 6.62. The molecule has 1 saturated carbocycles. The van der Waals surface area contributed by atoms with E-state index in [1.165, 1.54) is 17.5 Å². The molecule has 1 N–H and O–H groups in total. The van der Waals surface area contributed by atoms with Gasteiger partial charge in [-0.2, -0.15) is 0 Å². The summed E-state index contributed by atoms with van der Waals surface area (Å²) in [5.41, 5.74) is 2.99. The monoisotopic (exact) mass is 322 g/mol. The van der Waals surface area contributed by atoms with Gasteiger partial charge in [0, 0.05) is 37.9 Å².